The van der Waals surface area contributed by atoms with Crippen molar-refractivity contribution in [3.05, 3.63) is 0 Å². The van der Waals surface area contributed by atoms with Gasteiger partial charge >= 0.3 is 0 Å². The number of amides is 1. The zero-order valence-electron chi connectivity index (χ0n) is 9.72. The van der Waals surface area contributed by atoms with Gasteiger partial charge in [-0.3, -0.25) is 21.1 Å². The first-order valence-electron chi connectivity index (χ1n) is 5.76. The number of carbonyl (C=O) groups excluding carboxylic acids is 1. The zero-order chi connectivity index (χ0) is 11.8. The van der Waals surface area contributed by atoms with Gasteiger partial charge in [0.15, 0.2) is 0 Å². The Labute approximate surface area is 96.2 Å². The van der Waals surface area contributed by atoms with E-state index in [-0.39, 0.29) is 0 Å². The molecule has 0 aromatic rings. The van der Waals surface area contributed by atoms with Crippen LogP contribution in [-0.4, -0.2) is 36.5 Å². The molecule has 0 aromatic carbocycles. The Morgan fingerprint density at radius 1 is 1.44 bits per heavy atom. The number of rotatable bonds is 6. The predicted molar refractivity (Wildman–Crippen MR) is 63.4 cm³/mol. The highest BCUT2D eigenvalue weighted by molar-refractivity contribution is 5.53. The Morgan fingerprint density at radius 3 is 2.69 bits per heavy atom. The maximum absolute atomic E-state index is 10.3. The molecule has 1 fully saturated rings. The van der Waals surface area contributed by atoms with Crippen LogP contribution in [0.4, 0.5) is 0 Å². The molecule has 0 atom stereocenters. The maximum atomic E-state index is 10.3. The molecule has 16 heavy (non-hydrogen) atoms. The Bertz CT molecular complexity index is 225. The van der Waals surface area contributed by atoms with E-state index in [0.29, 0.717) is 12.1 Å². The van der Waals surface area contributed by atoms with Crippen LogP contribution in [0.5, 0.6) is 0 Å². The van der Waals surface area contributed by atoms with Gasteiger partial charge in [-0.25, -0.2) is 0 Å². The van der Waals surface area contributed by atoms with Crippen LogP contribution in [0.3, 0.4) is 0 Å². The highest BCUT2D eigenvalue weighted by atomic mass is 16.1. The minimum Gasteiger partial charge on any atom is -0.356 e. The number of hydrazine groups is 2. The van der Waals surface area contributed by atoms with Gasteiger partial charge in [0, 0.05) is 12.6 Å². The van der Waals surface area contributed by atoms with E-state index in [4.69, 9.17) is 5.84 Å². The van der Waals surface area contributed by atoms with Gasteiger partial charge < -0.3 is 5.32 Å². The molecule has 6 heteroatoms. The third-order valence-electron chi connectivity index (χ3n) is 2.85. The third-order valence-corrected chi connectivity index (χ3v) is 2.85. The molecule has 1 aliphatic carbocycles. The second kappa shape index (κ2) is 7.19. The Hall–Kier alpha value is -1.14. The Balaban J connectivity index is 2.18. The van der Waals surface area contributed by atoms with E-state index in [2.05, 4.69) is 15.7 Å². The molecule has 6 nitrogen and oxygen atoms in total. The van der Waals surface area contributed by atoms with Gasteiger partial charge in [-0.1, -0.05) is 0 Å². The largest absolute Gasteiger partial charge is 0.356 e. The van der Waals surface area contributed by atoms with Crippen LogP contribution in [0.1, 0.15) is 32.6 Å². The lowest BCUT2D eigenvalue weighted by molar-refractivity contribution is -0.110. The maximum Gasteiger partial charge on any atom is 0.207 e. The molecule has 0 heterocycles. The molecule has 0 unspecified atom stereocenters. The van der Waals surface area contributed by atoms with Gasteiger partial charge in [-0.2, -0.15) is 5.12 Å². The minimum atomic E-state index is 0.332. The number of nitrogens with zero attached hydrogens (tertiary/aromatic N) is 2. The van der Waals surface area contributed by atoms with E-state index >= 15 is 0 Å². The summed E-state index contributed by atoms with van der Waals surface area (Å²) in [4.78, 5) is 14.7. The number of nitrogens with two attached hydrogens (primary N) is 1. The number of carbonyl (C=O) groups is 1. The molecular weight excluding hydrogens is 206 g/mol. The van der Waals surface area contributed by atoms with E-state index in [1.54, 1.807) is 6.34 Å². The lowest BCUT2D eigenvalue weighted by Gasteiger charge is -2.25. The van der Waals surface area contributed by atoms with Crippen LogP contribution in [0.15, 0.2) is 4.99 Å². The fraction of sp³-hybridized carbons (Fsp3) is 0.800. The Kier molecular flexibility index (Phi) is 5.81. The molecule has 92 valence electrons. The topological polar surface area (TPSA) is 82.8 Å². The molecule has 1 amide bonds. The van der Waals surface area contributed by atoms with Gasteiger partial charge in [0.05, 0.1) is 12.4 Å². The smallest absolute Gasteiger partial charge is 0.207 e. The quantitative estimate of drug-likeness (QED) is 0.192. The first kappa shape index (κ1) is 12.9. The van der Waals surface area contributed by atoms with Crippen LogP contribution < -0.4 is 16.6 Å². The summed E-state index contributed by atoms with van der Waals surface area (Å²) < 4.78 is 0. The second-order valence-electron chi connectivity index (χ2n) is 3.98. The molecule has 0 spiro atoms. The summed E-state index contributed by atoms with van der Waals surface area (Å²) in [6, 6.07) is 0.681. The van der Waals surface area contributed by atoms with Crippen molar-refractivity contribution < 1.29 is 4.79 Å². The summed E-state index contributed by atoms with van der Waals surface area (Å²) in [5.74, 6) is 5.53. The van der Waals surface area contributed by atoms with Crippen molar-refractivity contribution in [2.75, 3.05) is 6.54 Å². The van der Waals surface area contributed by atoms with E-state index < -0.39 is 0 Å². The summed E-state index contributed by atoms with van der Waals surface area (Å²) in [7, 11) is 0. The van der Waals surface area contributed by atoms with Crippen LogP contribution in [0, 0.1) is 0 Å². The van der Waals surface area contributed by atoms with Crippen LogP contribution in [0.25, 0.3) is 0 Å². The van der Waals surface area contributed by atoms with Crippen LogP contribution in [-0.2, 0) is 4.79 Å². The van der Waals surface area contributed by atoms with Crippen LogP contribution >= 0.6 is 0 Å². The predicted octanol–water partition coefficient (Wildman–Crippen LogP) is -0.228. The van der Waals surface area contributed by atoms with E-state index in [0.717, 1.165) is 38.6 Å². The van der Waals surface area contributed by atoms with E-state index in [9.17, 15) is 4.79 Å². The lowest BCUT2D eigenvalue weighted by Crippen LogP contribution is -2.43. The first-order valence-corrected chi connectivity index (χ1v) is 5.76. The Morgan fingerprint density at radius 2 is 2.12 bits per heavy atom. The van der Waals surface area contributed by atoms with Gasteiger partial charge in [-0.05, 0) is 32.6 Å². The molecule has 4 N–H and O–H groups in total. The van der Waals surface area contributed by atoms with Crippen molar-refractivity contribution in [2.45, 2.75) is 44.7 Å². The molecule has 0 aromatic heterocycles. The van der Waals surface area contributed by atoms with Crippen molar-refractivity contribution in [1.29, 1.82) is 0 Å². The number of aliphatic imine (C=N–C) groups is 1. The number of hydrogen-bond donors (Lipinski definition) is 3. The summed E-state index contributed by atoms with van der Waals surface area (Å²) in [6.07, 6.45) is 6.47. The highest BCUT2D eigenvalue weighted by Crippen LogP contribution is 2.20. The van der Waals surface area contributed by atoms with E-state index in [1.165, 1.54) is 5.12 Å². The van der Waals surface area contributed by atoms with Gasteiger partial charge in [0.25, 0.3) is 0 Å². The van der Waals surface area contributed by atoms with Crippen molar-refractivity contribution in [3.63, 3.8) is 0 Å². The molecule has 0 bridgehead atoms. The fourth-order valence-electron chi connectivity index (χ4n) is 1.79. The summed E-state index contributed by atoms with van der Waals surface area (Å²) in [5, 5.41) is 4.29. The highest BCUT2D eigenvalue weighted by Gasteiger charge is 2.19. The molecule has 0 radical (unpaired) electrons. The summed E-state index contributed by atoms with van der Waals surface area (Å²) in [5.41, 5.74) is 2.86. The third kappa shape index (κ3) is 4.59. The first-order chi connectivity index (χ1) is 7.76. The second-order valence-corrected chi connectivity index (χ2v) is 3.98. The van der Waals surface area contributed by atoms with Crippen molar-refractivity contribution in [2.24, 2.45) is 10.8 Å². The van der Waals surface area contributed by atoms with Gasteiger partial charge in [-0.15, -0.1) is 0 Å². The molecule has 0 aliphatic heterocycles. The lowest BCUT2D eigenvalue weighted by atomic mass is 9.92. The SMILES string of the molecule is CCN(N)NC=NC1CCC(NC=O)CC1. The average Bonchev–Trinajstić information content (AvgIpc) is 2.31. The van der Waals surface area contributed by atoms with Crippen molar-refractivity contribution >= 4 is 12.7 Å². The average molecular weight is 227 g/mol. The number of hydrogen-bond acceptors (Lipinski definition) is 4. The molecular formula is C10H21N5O. The van der Waals surface area contributed by atoms with Gasteiger partial charge in [0.1, 0.15) is 0 Å². The number of nitrogens with one attached hydrogen (secondary N) is 2. The van der Waals surface area contributed by atoms with Crippen molar-refractivity contribution in [3.8, 4) is 0 Å². The van der Waals surface area contributed by atoms with E-state index in [1.807, 2.05) is 6.92 Å². The molecule has 1 rings (SSSR count). The normalized spacial score (nSPS) is 25.9. The minimum absolute atomic E-state index is 0.332. The summed E-state index contributed by atoms with van der Waals surface area (Å²) in [6.45, 7) is 2.68. The van der Waals surface area contributed by atoms with Crippen LogP contribution in [0.2, 0.25) is 0 Å². The summed E-state index contributed by atoms with van der Waals surface area (Å²) >= 11 is 0. The fourth-order valence-corrected chi connectivity index (χ4v) is 1.79. The molecule has 0 saturated heterocycles. The standard InChI is InChI=1S/C10H21N5O/c1-2-15(11)14-7-12-9-3-5-10(6-4-9)13-8-16/h7-10H,2-6,11H2,1H3,(H,12,14)(H,13,16). The zero-order valence-corrected chi connectivity index (χ0v) is 9.72. The monoisotopic (exact) mass is 227 g/mol. The molecule has 1 aliphatic rings. The van der Waals surface area contributed by atoms with Crippen molar-refractivity contribution in [1.82, 2.24) is 15.9 Å². The molecule has 1 saturated carbocycles. The van der Waals surface area contributed by atoms with Gasteiger partial charge in [0.2, 0.25) is 6.41 Å².